The van der Waals surface area contributed by atoms with Crippen LogP contribution in [-0.4, -0.2) is 12.6 Å². The van der Waals surface area contributed by atoms with Crippen molar-refractivity contribution in [2.45, 2.75) is 19.9 Å². The molecule has 0 aliphatic rings. The molecule has 0 aliphatic heterocycles. The highest BCUT2D eigenvalue weighted by molar-refractivity contribution is 6.01. The van der Waals surface area contributed by atoms with E-state index in [9.17, 15) is 18.0 Å². The zero-order valence-electron chi connectivity index (χ0n) is 13.8. The minimum Gasteiger partial charge on any atom is -0.488 e. The summed E-state index contributed by atoms with van der Waals surface area (Å²) in [5.74, 6) is 0.318. The predicted molar refractivity (Wildman–Crippen MR) is 91.5 cm³/mol. The van der Waals surface area contributed by atoms with Crippen LogP contribution >= 0.6 is 0 Å². The topological polar surface area (TPSA) is 35.5 Å². The third kappa shape index (κ3) is 3.96. The molecule has 3 aromatic carbocycles. The van der Waals surface area contributed by atoms with Crippen LogP contribution in [0.25, 0.3) is 10.8 Å². The lowest BCUT2D eigenvalue weighted by Crippen LogP contribution is -2.17. The highest BCUT2D eigenvalue weighted by Crippen LogP contribution is 2.30. The van der Waals surface area contributed by atoms with Gasteiger partial charge in [-0.25, -0.2) is 0 Å². The number of aldehydes is 1. The Morgan fingerprint density at radius 1 is 0.962 bits per heavy atom. The largest absolute Gasteiger partial charge is 0.573 e. The molecule has 3 nitrogen and oxygen atoms in total. The fourth-order valence-corrected chi connectivity index (χ4v) is 2.69. The van der Waals surface area contributed by atoms with E-state index in [0.29, 0.717) is 16.9 Å². The van der Waals surface area contributed by atoms with Crippen LogP contribution in [0.4, 0.5) is 13.2 Å². The van der Waals surface area contributed by atoms with Crippen molar-refractivity contribution in [1.82, 2.24) is 0 Å². The van der Waals surface area contributed by atoms with E-state index in [2.05, 4.69) is 4.74 Å². The first-order chi connectivity index (χ1) is 12.4. The summed E-state index contributed by atoms with van der Waals surface area (Å²) in [6.07, 6.45) is -3.89. The van der Waals surface area contributed by atoms with Gasteiger partial charge in [0, 0.05) is 10.9 Å². The number of carbonyl (C=O) groups is 1. The fraction of sp³-hybridized carbons (Fsp3) is 0.150. The van der Waals surface area contributed by atoms with Crippen molar-refractivity contribution in [3.05, 3.63) is 71.3 Å². The molecule has 0 unspecified atom stereocenters. The molecule has 0 fully saturated rings. The summed E-state index contributed by atoms with van der Waals surface area (Å²) < 4.78 is 46.2. The van der Waals surface area contributed by atoms with E-state index in [0.717, 1.165) is 22.6 Å². The van der Waals surface area contributed by atoms with Crippen LogP contribution in [0, 0.1) is 6.92 Å². The molecule has 134 valence electrons. The Balaban J connectivity index is 1.79. The molecule has 0 atom stereocenters. The number of ether oxygens (including phenoxy) is 2. The number of hydrogen-bond acceptors (Lipinski definition) is 3. The minimum absolute atomic E-state index is 0.176. The lowest BCUT2D eigenvalue weighted by molar-refractivity contribution is -0.274. The Bertz CT molecular complexity index is 931. The van der Waals surface area contributed by atoms with E-state index in [4.69, 9.17) is 4.74 Å². The van der Waals surface area contributed by atoms with E-state index >= 15 is 0 Å². The van der Waals surface area contributed by atoms with Gasteiger partial charge in [-0.3, -0.25) is 4.79 Å². The summed E-state index contributed by atoms with van der Waals surface area (Å²) in [6, 6.07) is 14.7. The monoisotopic (exact) mass is 360 g/mol. The Labute approximate surface area is 148 Å². The van der Waals surface area contributed by atoms with Crippen LogP contribution in [0.15, 0.2) is 54.6 Å². The first kappa shape index (κ1) is 17.8. The fourth-order valence-electron chi connectivity index (χ4n) is 2.69. The molecule has 0 saturated heterocycles. The molecule has 0 radical (unpaired) electrons. The second kappa shape index (κ2) is 7.07. The third-order valence-electron chi connectivity index (χ3n) is 3.95. The van der Waals surface area contributed by atoms with Gasteiger partial charge < -0.3 is 9.47 Å². The molecular formula is C20H15F3O3. The van der Waals surface area contributed by atoms with Gasteiger partial charge in [0.25, 0.3) is 0 Å². The minimum atomic E-state index is -4.71. The lowest BCUT2D eigenvalue weighted by atomic mass is 10.00. The van der Waals surface area contributed by atoms with Gasteiger partial charge in [-0.2, -0.15) is 0 Å². The number of halogens is 3. The van der Waals surface area contributed by atoms with Crippen LogP contribution in [-0.2, 0) is 6.61 Å². The van der Waals surface area contributed by atoms with Crippen molar-refractivity contribution in [3.63, 3.8) is 0 Å². The first-order valence-corrected chi connectivity index (χ1v) is 7.82. The normalized spacial score (nSPS) is 11.4. The van der Waals surface area contributed by atoms with Crippen LogP contribution < -0.4 is 9.47 Å². The maximum atomic E-state index is 12.2. The molecule has 0 amide bonds. The highest BCUT2D eigenvalue weighted by Gasteiger charge is 2.30. The van der Waals surface area contributed by atoms with Gasteiger partial charge in [-0.15, -0.1) is 13.2 Å². The quantitative estimate of drug-likeness (QED) is 0.569. The molecule has 3 aromatic rings. The van der Waals surface area contributed by atoms with Gasteiger partial charge in [0.1, 0.15) is 18.1 Å². The summed E-state index contributed by atoms with van der Waals surface area (Å²) in [4.78, 5) is 11.3. The summed E-state index contributed by atoms with van der Waals surface area (Å²) in [5, 5.41) is 1.60. The maximum Gasteiger partial charge on any atom is 0.573 e. The third-order valence-corrected chi connectivity index (χ3v) is 3.95. The number of aryl methyl sites for hydroxylation is 1. The van der Waals surface area contributed by atoms with Crippen molar-refractivity contribution < 1.29 is 27.4 Å². The second-order valence-corrected chi connectivity index (χ2v) is 5.75. The van der Waals surface area contributed by atoms with E-state index in [1.807, 2.05) is 25.1 Å². The zero-order chi connectivity index (χ0) is 18.7. The van der Waals surface area contributed by atoms with Gasteiger partial charge in [0.15, 0.2) is 6.29 Å². The molecule has 0 N–H and O–H groups in total. The van der Waals surface area contributed by atoms with E-state index < -0.39 is 6.36 Å². The van der Waals surface area contributed by atoms with Crippen molar-refractivity contribution in [2.24, 2.45) is 0 Å². The number of benzene rings is 3. The van der Waals surface area contributed by atoms with Crippen molar-refractivity contribution in [1.29, 1.82) is 0 Å². The first-order valence-electron chi connectivity index (χ1n) is 7.82. The molecular weight excluding hydrogens is 345 g/mol. The number of fused-ring (bicyclic) bond motifs is 1. The van der Waals surface area contributed by atoms with Crippen molar-refractivity contribution in [3.8, 4) is 11.5 Å². The van der Waals surface area contributed by atoms with Crippen LogP contribution in [0.5, 0.6) is 11.5 Å². The van der Waals surface area contributed by atoms with E-state index in [1.165, 1.54) is 24.3 Å². The van der Waals surface area contributed by atoms with Crippen molar-refractivity contribution in [2.75, 3.05) is 0 Å². The number of rotatable bonds is 5. The summed E-state index contributed by atoms with van der Waals surface area (Å²) in [6.45, 7) is 2.04. The molecule has 0 heterocycles. The van der Waals surface area contributed by atoms with Crippen LogP contribution in [0.3, 0.4) is 0 Å². The summed E-state index contributed by atoms with van der Waals surface area (Å²) in [7, 11) is 0. The molecule has 3 rings (SSSR count). The molecule has 0 aliphatic carbocycles. The van der Waals surface area contributed by atoms with Gasteiger partial charge in [0.05, 0.1) is 0 Å². The molecule has 0 saturated carbocycles. The smallest absolute Gasteiger partial charge is 0.488 e. The number of hydrogen-bond donors (Lipinski definition) is 0. The Kier molecular flexibility index (Phi) is 4.84. The molecule has 0 bridgehead atoms. The molecule has 0 spiro atoms. The average Bonchev–Trinajstić information content (AvgIpc) is 2.59. The summed E-state index contributed by atoms with van der Waals surface area (Å²) >= 11 is 0. The van der Waals surface area contributed by atoms with Gasteiger partial charge >= 0.3 is 6.36 Å². The Morgan fingerprint density at radius 3 is 2.35 bits per heavy atom. The zero-order valence-corrected chi connectivity index (χ0v) is 13.8. The maximum absolute atomic E-state index is 12.2. The van der Waals surface area contributed by atoms with Crippen LogP contribution in [0.1, 0.15) is 21.5 Å². The summed E-state index contributed by atoms with van der Waals surface area (Å²) in [5.41, 5.74) is 2.19. The predicted octanol–water partition coefficient (Wildman–Crippen LogP) is 5.44. The number of alkyl halides is 3. The highest BCUT2D eigenvalue weighted by atomic mass is 19.4. The lowest BCUT2D eigenvalue weighted by Gasteiger charge is -2.12. The Hall–Kier alpha value is -3.02. The second-order valence-electron chi connectivity index (χ2n) is 5.75. The van der Waals surface area contributed by atoms with Crippen LogP contribution in [0.2, 0.25) is 0 Å². The molecule has 26 heavy (non-hydrogen) atoms. The standard InChI is InChI=1S/C20H15F3O3/c1-13-5-10-17-16(18(13)11-24)3-2-4-19(17)25-12-14-6-8-15(9-7-14)26-20(21,22)23/h2-11H,12H2,1H3. The number of carbonyl (C=O) groups excluding carboxylic acids is 1. The van der Waals surface area contributed by atoms with E-state index in [1.54, 1.807) is 12.1 Å². The molecule has 0 aromatic heterocycles. The molecule has 6 heteroatoms. The van der Waals surface area contributed by atoms with Gasteiger partial charge in [-0.05, 0) is 41.6 Å². The SMILES string of the molecule is Cc1ccc2c(OCc3ccc(OC(F)(F)F)cc3)cccc2c1C=O. The Morgan fingerprint density at radius 2 is 1.69 bits per heavy atom. The van der Waals surface area contributed by atoms with Gasteiger partial charge in [-0.1, -0.05) is 36.4 Å². The van der Waals surface area contributed by atoms with E-state index in [-0.39, 0.29) is 12.4 Å². The van der Waals surface area contributed by atoms with Gasteiger partial charge in [0.2, 0.25) is 0 Å². The average molecular weight is 360 g/mol. The van der Waals surface area contributed by atoms with Crippen molar-refractivity contribution >= 4 is 17.1 Å².